The van der Waals surface area contributed by atoms with E-state index >= 15 is 0 Å². The molecule has 72 valence electrons. The summed E-state index contributed by atoms with van der Waals surface area (Å²) in [6.45, 7) is 2.66. The zero-order valence-electron chi connectivity index (χ0n) is 7.11. The maximum absolute atomic E-state index is 5.52. The molecular weight excluding hydrogens is 364 g/mol. The predicted octanol–water partition coefficient (Wildman–Crippen LogP) is 4.51. The molecule has 0 aliphatic rings. The van der Waals surface area contributed by atoms with Crippen molar-refractivity contribution in [2.24, 2.45) is 0 Å². The number of hydrogen-bond acceptors (Lipinski definition) is 1. The molecule has 0 saturated carbocycles. The number of alkyl halides is 1. The summed E-state index contributed by atoms with van der Waals surface area (Å²) in [5.41, 5.74) is 1.14. The molecule has 0 unspecified atom stereocenters. The zero-order valence-corrected chi connectivity index (χ0v) is 11.9. The molecule has 0 amide bonds. The summed E-state index contributed by atoms with van der Waals surface area (Å²) in [6.07, 6.45) is 0. The van der Waals surface area contributed by atoms with E-state index in [0.29, 0.717) is 6.61 Å². The average Bonchev–Trinajstić information content (AvgIpc) is 2.09. The molecular formula is C9H9Br3O. The van der Waals surface area contributed by atoms with Gasteiger partial charge in [-0.2, -0.15) is 0 Å². The van der Waals surface area contributed by atoms with E-state index in [2.05, 4.69) is 47.8 Å². The molecule has 0 aliphatic heterocycles. The van der Waals surface area contributed by atoms with Crippen LogP contribution >= 0.6 is 47.8 Å². The molecule has 0 aromatic heterocycles. The largest absolute Gasteiger partial charge is 0.492 e. The maximum atomic E-state index is 5.52. The van der Waals surface area contributed by atoms with Gasteiger partial charge in [0.25, 0.3) is 0 Å². The van der Waals surface area contributed by atoms with Gasteiger partial charge in [0.2, 0.25) is 0 Å². The molecule has 0 N–H and O–H groups in total. The summed E-state index contributed by atoms with van der Waals surface area (Å²) in [4.78, 5) is 0. The molecule has 0 heterocycles. The third-order valence-electron chi connectivity index (χ3n) is 1.52. The van der Waals surface area contributed by atoms with Gasteiger partial charge in [-0.15, -0.1) is 0 Å². The van der Waals surface area contributed by atoms with Crippen molar-refractivity contribution in [1.29, 1.82) is 0 Å². The Morgan fingerprint density at radius 1 is 1.31 bits per heavy atom. The lowest BCUT2D eigenvalue weighted by Crippen LogP contribution is -1.96. The van der Waals surface area contributed by atoms with Gasteiger partial charge >= 0.3 is 0 Å². The number of rotatable bonds is 3. The fraction of sp³-hybridized carbons (Fsp3) is 0.333. The minimum absolute atomic E-state index is 0.681. The molecule has 0 bridgehead atoms. The molecule has 0 fully saturated rings. The van der Waals surface area contributed by atoms with Gasteiger partial charge in [0.1, 0.15) is 5.75 Å². The normalized spacial score (nSPS) is 10.2. The summed E-state index contributed by atoms with van der Waals surface area (Å²) in [7, 11) is 0. The van der Waals surface area contributed by atoms with E-state index < -0.39 is 0 Å². The van der Waals surface area contributed by atoms with Crippen LogP contribution < -0.4 is 4.74 Å². The molecule has 1 aromatic rings. The molecule has 1 rings (SSSR count). The van der Waals surface area contributed by atoms with Crippen LogP contribution in [-0.4, -0.2) is 6.61 Å². The highest BCUT2D eigenvalue weighted by molar-refractivity contribution is 9.11. The van der Waals surface area contributed by atoms with E-state index in [9.17, 15) is 0 Å². The van der Waals surface area contributed by atoms with Gasteiger partial charge in [0.15, 0.2) is 0 Å². The Morgan fingerprint density at radius 2 is 2.00 bits per heavy atom. The Morgan fingerprint density at radius 3 is 2.54 bits per heavy atom. The average molecular weight is 373 g/mol. The van der Waals surface area contributed by atoms with Crippen LogP contribution in [0, 0.1) is 0 Å². The lowest BCUT2D eigenvalue weighted by atomic mass is 10.2. The van der Waals surface area contributed by atoms with Crippen molar-refractivity contribution < 1.29 is 4.74 Å². The van der Waals surface area contributed by atoms with Crippen molar-refractivity contribution in [2.45, 2.75) is 12.3 Å². The quantitative estimate of drug-likeness (QED) is 0.709. The lowest BCUT2D eigenvalue weighted by Gasteiger charge is -2.10. The molecule has 0 saturated heterocycles. The summed E-state index contributed by atoms with van der Waals surface area (Å²) >= 11 is 10.3. The van der Waals surface area contributed by atoms with E-state index in [1.807, 2.05) is 19.1 Å². The van der Waals surface area contributed by atoms with E-state index in [1.54, 1.807) is 0 Å². The molecule has 0 spiro atoms. The first kappa shape index (κ1) is 11.5. The van der Waals surface area contributed by atoms with E-state index in [0.717, 1.165) is 25.6 Å². The van der Waals surface area contributed by atoms with Gasteiger partial charge in [-0.3, -0.25) is 0 Å². The number of halogens is 3. The lowest BCUT2D eigenvalue weighted by molar-refractivity contribution is 0.335. The van der Waals surface area contributed by atoms with Gasteiger partial charge in [0, 0.05) is 15.4 Å². The number of benzene rings is 1. The summed E-state index contributed by atoms with van der Waals surface area (Å²) in [6, 6.07) is 4.03. The summed E-state index contributed by atoms with van der Waals surface area (Å²) in [5.74, 6) is 0.919. The van der Waals surface area contributed by atoms with Crippen molar-refractivity contribution >= 4 is 47.8 Å². The van der Waals surface area contributed by atoms with Crippen molar-refractivity contribution in [2.75, 3.05) is 6.61 Å². The molecule has 1 nitrogen and oxygen atoms in total. The van der Waals surface area contributed by atoms with Crippen molar-refractivity contribution in [1.82, 2.24) is 0 Å². The summed E-state index contributed by atoms with van der Waals surface area (Å²) in [5, 5.41) is 0.792. The Kier molecular flexibility index (Phi) is 4.76. The first-order valence-electron chi connectivity index (χ1n) is 3.85. The monoisotopic (exact) mass is 370 g/mol. The number of hydrogen-bond donors (Lipinski definition) is 0. The molecule has 4 heteroatoms. The highest BCUT2D eigenvalue weighted by Crippen LogP contribution is 2.34. The van der Waals surface area contributed by atoms with Crippen molar-refractivity contribution in [3.8, 4) is 5.75 Å². The van der Waals surface area contributed by atoms with Crippen molar-refractivity contribution in [3.63, 3.8) is 0 Å². The first-order valence-corrected chi connectivity index (χ1v) is 6.56. The van der Waals surface area contributed by atoms with Gasteiger partial charge in [-0.25, -0.2) is 0 Å². The third kappa shape index (κ3) is 2.96. The van der Waals surface area contributed by atoms with Crippen LogP contribution in [0.1, 0.15) is 12.5 Å². The van der Waals surface area contributed by atoms with Crippen molar-refractivity contribution in [3.05, 3.63) is 26.6 Å². The SMILES string of the molecule is CCOc1c(Br)cc(Br)cc1CBr. The minimum atomic E-state index is 0.681. The Labute approximate surface area is 103 Å². The highest BCUT2D eigenvalue weighted by atomic mass is 79.9. The zero-order chi connectivity index (χ0) is 9.84. The van der Waals surface area contributed by atoms with E-state index in [-0.39, 0.29) is 0 Å². The second-order valence-electron chi connectivity index (χ2n) is 2.44. The highest BCUT2D eigenvalue weighted by Gasteiger charge is 2.08. The van der Waals surface area contributed by atoms with Gasteiger partial charge in [-0.05, 0) is 35.0 Å². The van der Waals surface area contributed by atoms with Crippen LogP contribution in [0.4, 0.5) is 0 Å². The molecule has 0 aliphatic carbocycles. The molecule has 1 aromatic carbocycles. The Balaban J connectivity index is 3.13. The minimum Gasteiger partial charge on any atom is -0.492 e. The van der Waals surface area contributed by atoms with Crippen LogP contribution in [0.25, 0.3) is 0 Å². The second kappa shape index (κ2) is 5.37. The Bertz CT molecular complexity index is 299. The molecule has 0 radical (unpaired) electrons. The van der Waals surface area contributed by atoms with Crippen LogP contribution in [0.3, 0.4) is 0 Å². The fourth-order valence-corrected chi connectivity index (χ4v) is 2.86. The van der Waals surface area contributed by atoms with Crippen LogP contribution in [0.15, 0.2) is 21.1 Å². The third-order valence-corrected chi connectivity index (χ3v) is 3.17. The number of ether oxygens (including phenoxy) is 1. The standard InChI is InChI=1S/C9H9Br3O/c1-2-13-9-6(5-10)3-7(11)4-8(9)12/h3-4H,2,5H2,1H3. The first-order chi connectivity index (χ1) is 6.19. The Hall–Kier alpha value is 0.460. The van der Waals surface area contributed by atoms with Crippen LogP contribution in [0.5, 0.6) is 5.75 Å². The molecule has 13 heavy (non-hydrogen) atoms. The predicted molar refractivity (Wildman–Crippen MR) is 65.6 cm³/mol. The van der Waals surface area contributed by atoms with E-state index in [4.69, 9.17) is 4.74 Å². The topological polar surface area (TPSA) is 9.23 Å². The maximum Gasteiger partial charge on any atom is 0.137 e. The van der Waals surface area contributed by atoms with Gasteiger partial charge in [-0.1, -0.05) is 31.9 Å². The second-order valence-corrected chi connectivity index (χ2v) is 4.77. The van der Waals surface area contributed by atoms with Crippen LogP contribution in [0.2, 0.25) is 0 Å². The van der Waals surface area contributed by atoms with Crippen LogP contribution in [-0.2, 0) is 5.33 Å². The van der Waals surface area contributed by atoms with Gasteiger partial charge in [0.05, 0.1) is 11.1 Å². The smallest absolute Gasteiger partial charge is 0.137 e. The fourth-order valence-electron chi connectivity index (χ4n) is 1.02. The van der Waals surface area contributed by atoms with E-state index in [1.165, 1.54) is 0 Å². The van der Waals surface area contributed by atoms with Gasteiger partial charge < -0.3 is 4.74 Å². The molecule has 0 atom stereocenters. The summed E-state index contributed by atoms with van der Waals surface area (Å²) < 4.78 is 7.55.